The minimum absolute atomic E-state index is 0.193. The smallest absolute Gasteiger partial charge is 0.228 e. The number of aromatic nitrogens is 1. The van der Waals surface area contributed by atoms with E-state index in [1.54, 1.807) is 30.3 Å². The maximum absolute atomic E-state index is 12.5. The van der Waals surface area contributed by atoms with Gasteiger partial charge < -0.3 is 4.42 Å². The molecule has 0 unspecified atom stereocenters. The van der Waals surface area contributed by atoms with Crippen molar-refractivity contribution in [1.82, 2.24) is 4.98 Å². The van der Waals surface area contributed by atoms with E-state index in [1.165, 1.54) is 11.3 Å². The van der Waals surface area contributed by atoms with Gasteiger partial charge in [0.05, 0.1) is 5.57 Å². The second-order valence-corrected chi connectivity index (χ2v) is 7.03. The highest BCUT2D eigenvalue weighted by Crippen LogP contribution is 2.33. The summed E-state index contributed by atoms with van der Waals surface area (Å²) < 4.78 is 5.81. The molecule has 5 rings (SSSR count). The molecule has 0 spiro atoms. The number of oxazole rings is 1. The largest absolute Gasteiger partial charge is 0.435 e. The molecule has 0 amide bonds. The summed E-state index contributed by atoms with van der Waals surface area (Å²) in [7, 11) is 0. The number of fused-ring (bicyclic) bond motifs is 2. The first kappa shape index (κ1) is 15.0. The molecule has 4 aromatic rings. The highest BCUT2D eigenvalue weighted by atomic mass is 32.1. The van der Waals surface area contributed by atoms with Crippen LogP contribution in [-0.2, 0) is 0 Å². The summed E-state index contributed by atoms with van der Waals surface area (Å²) in [6, 6.07) is 18.4. The van der Waals surface area contributed by atoms with Crippen molar-refractivity contribution in [2.45, 2.75) is 0 Å². The summed E-state index contributed by atoms with van der Waals surface area (Å²) in [5.41, 5.74) is 2.68. The van der Waals surface area contributed by atoms with Crippen LogP contribution >= 0.6 is 11.3 Å². The molecular weight excluding hydrogens is 346 g/mol. The fourth-order valence-electron chi connectivity index (χ4n) is 3.07. The van der Waals surface area contributed by atoms with Crippen molar-refractivity contribution >= 4 is 39.4 Å². The van der Waals surface area contributed by atoms with E-state index in [9.17, 15) is 9.59 Å². The van der Waals surface area contributed by atoms with Gasteiger partial charge in [-0.05, 0) is 18.2 Å². The predicted octanol–water partition coefficient (Wildman–Crippen LogP) is 5.02. The first-order chi connectivity index (χ1) is 12.7. The molecule has 4 nitrogen and oxygen atoms in total. The van der Waals surface area contributed by atoms with Crippen LogP contribution in [0.25, 0.3) is 27.9 Å². The van der Waals surface area contributed by atoms with E-state index in [0.717, 1.165) is 15.3 Å². The standard InChI is InChI=1S/C21H11NO3S/c23-18-14-8-4-5-9-15(14)19(24)16(18)10-13-11-17-21(26-13)22-20(25-17)12-6-2-1-3-7-12/h1-11H. The van der Waals surface area contributed by atoms with Gasteiger partial charge in [0.2, 0.25) is 5.89 Å². The molecule has 0 saturated carbocycles. The second-order valence-electron chi connectivity index (χ2n) is 5.97. The number of carbonyl (C=O) groups excluding carboxylic acids is 2. The Bertz CT molecular complexity index is 1150. The monoisotopic (exact) mass is 357 g/mol. The Morgan fingerprint density at radius 3 is 2.19 bits per heavy atom. The number of ketones is 2. The highest BCUT2D eigenvalue weighted by molar-refractivity contribution is 7.19. The zero-order valence-electron chi connectivity index (χ0n) is 13.4. The third-order valence-electron chi connectivity index (χ3n) is 4.32. The number of hydrogen-bond donors (Lipinski definition) is 0. The van der Waals surface area contributed by atoms with Crippen LogP contribution < -0.4 is 0 Å². The van der Waals surface area contributed by atoms with Gasteiger partial charge in [-0.2, -0.15) is 4.98 Å². The lowest BCUT2D eigenvalue weighted by Gasteiger charge is -1.93. The van der Waals surface area contributed by atoms with Gasteiger partial charge in [0.25, 0.3) is 0 Å². The molecule has 2 heterocycles. The molecule has 5 heteroatoms. The van der Waals surface area contributed by atoms with Crippen LogP contribution in [0.3, 0.4) is 0 Å². The number of hydrogen-bond acceptors (Lipinski definition) is 5. The highest BCUT2D eigenvalue weighted by Gasteiger charge is 2.32. The SMILES string of the molecule is O=C1C(=Cc2cc3oc(-c4ccccc4)nc3s2)C(=O)c2ccccc21. The third kappa shape index (κ3) is 2.25. The summed E-state index contributed by atoms with van der Waals surface area (Å²) in [5, 5.41) is 0. The zero-order chi connectivity index (χ0) is 17.7. The molecule has 26 heavy (non-hydrogen) atoms. The van der Waals surface area contributed by atoms with E-state index < -0.39 is 0 Å². The van der Waals surface area contributed by atoms with Crippen LogP contribution in [0.2, 0.25) is 0 Å². The van der Waals surface area contributed by atoms with Gasteiger partial charge in [0.1, 0.15) is 0 Å². The minimum atomic E-state index is -0.228. The Hall–Kier alpha value is -3.31. The van der Waals surface area contributed by atoms with Crippen molar-refractivity contribution in [1.29, 1.82) is 0 Å². The average Bonchev–Trinajstić information content (AvgIpc) is 3.30. The number of Topliss-reactive ketones (excluding diaryl/α,β-unsaturated/α-hetero) is 2. The first-order valence-corrected chi connectivity index (χ1v) is 8.88. The van der Waals surface area contributed by atoms with E-state index in [-0.39, 0.29) is 17.1 Å². The molecular formula is C21H11NO3S. The van der Waals surface area contributed by atoms with Gasteiger partial charge in [-0.25, -0.2) is 0 Å². The quantitative estimate of drug-likeness (QED) is 0.373. The van der Waals surface area contributed by atoms with E-state index in [2.05, 4.69) is 4.98 Å². The predicted molar refractivity (Wildman–Crippen MR) is 100 cm³/mol. The van der Waals surface area contributed by atoms with E-state index in [1.807, 2.05) is 36.4 Å². The Labute approximate surface area is 152 Å². The van der Waals surface area contributed by atoms with Crippen LogP contribution in [0.15, 0.2) is 70.7 Å². The molecule has 0 radical (unpaired) electrons. The van der Waals surface area contributed by atoms with Crippen molar-refractivity contribution in [2.75, 3.05) is 0 Å². The molecule has 1 aliphatic carbocycles. The fourth-order valence-corrected chi connectivity index (χ4v) is 3.97. The number of carbonyl (C=O) groups is 2. The number of thiophene rings is 1. The van der Waals surface area contributed by atoms with Crippen molar-refractivity contribution in [3.05, 3.63) is 82.2 Å². The molecule has 124 valence electrons. The molecule has 0 bridgehead atoms. The van der Waals surface area contributed by atoms with Gasteiger partial charge in [-0.15, -0.1) is 11.3 Å². The first-order valence-electron chi connectivity index (χ1n) is 8.06. The Morgan fingerprint density at radius 2 is 1.54 bits per heavy atom. The molecule has 0 aliphatic heterocycles. The van der Waals surface area contributed by atoms with Crippen LogP contribution in [0.4, 0.5) is 0 Å². The molecule has 1 aliphatic rings. The maximum Gasteiger partial charge on any atom is 0.228 e. The van der Waals surface area contributed by atoms with Crippen molar-refractivity contribution in [2.24, 2.45) is 0 Å². The summed E-state index contributed by atoms with van der Waals surface area (Å²) >= 11 is 1.40. The van der Waals surface area contributed by atoms with Crippen molar-refractivity contribution in [3.63, 3.8) is 0 Å². The molecule has 2 aromatic carbocycles. The van der Waals surface area contributed by atoms with E-state index >= 15 is 0 Å². The number of nitrogens with zero attached hydrogens (tertiary/aromatic N) is 1. The maximum atomic E-state index is 12.5. The summed E-state index contributed by atoms with van der Waals surface area (Å²) in [6.07, 6.45) is 1.63. The minimum Gasteiger partial charge on any atom is -0.435 e. The Balaban J connectivity index is 1.53. The number of rotatable bonds is 2. The van der Waals surface area contributed by atoms with Gasteiger partial charge >= 0.3 is 0 Å². The summed E-state index contributed by atoms with van der Waals surface area (Å²) in [4.78, 5) is 31.0. The van der Waals surface area contributed by atoms with Crippen molar-refractivity contribution < 1.29 is 14.0 Å². The normalized spacial score (nSPS) is 13.5. The molecule has 0 fully saturated rings. The lowest BCUT2D eigenvalue weighted by molar-refractivity contribution is 0.0990. The van der Waals surface area contributed by atoms with Crippen LogP contribution in [0, 0.1) is 0 Å². The van der Waals surface area contributed by atoms with Gasteiger partial charge in [0, 0.05) is 27.6 Å². The molecule has 0 N–H and O–H groups in total. The fraction of sp³-hybridized carbons (Fsp3) is 0. The van der Waals surface area contributed by atoms with E-state index in [0.29, 0.717) is 22.6 Å². The number of benzene rings is 2. The summed E-state index contributed by atoms with van der Waals surface area (Å²) in [6.45, 7) is 0. The molecule has 0 atom stereocenters. The number of allylic oxidation sites excluding steroid dienone is 1. The van der Waals surface area contributed by atoms with Crippen LogP contribution in [0.1, 0.15) is 25.6 Å². The van der Waals surface area contributed by atoms with E-state index in [4.69, 9.17) is 4.42 Å². The topological polar surface area (TPSA) is 60.2 Å². The Morgan fingerprint density at radius 1 is 0.885 bits per heavy atom. The zero-order valence-corrected chi connectivity index (χ0v) is 14.2. The van der Waals surface area contributed by atoms with Crippen LogP contribution in [0.5, 0.6) is 0 Å². The summed E-state index contributed by atoms with van der Waals surface area (Å²) in [5.74, 6) is 0.105. The average molecular weight is 357 g/mol. The van der Waals surface area contributed by atoms with Gasteiger partial charge in [-0.3, -0.25) is 9.59 Å². The lowest BCUT2D eigenvalue weighted by atomic mass is 10.1. The van der Waals surface area contributed by atoms with Gasteiger partial charge in [-0.1, -0.05) is 42.5 Å². The van der Waals surface area contributed by atoms with Crippen molar-refractivity contribution in [3.8, 4) is 11.5 Å². The lowest BCUT2D eigenvalue weighted by Crippen LogP contribution is -1.99. The van der Waals surface area contributed by atoms with Gasteiger partial charge in [0.15, 0.2) is 22.0 Å². The third-order valence-corrected chi connectivity index (χ3v) is 5.28. The van der Waals surface area contributed by atoms with Crippen LogP contribution in [-0.4, -0.2) is 16.6 Å². The second kappa shape index (κ2) is 5.61. The molecule has 0 saturated heterocycles. The molecule has 2 aromatic heterocycles. The Kier molecular flexibility index (Phi) is 3.23.